The molecule has 0 amide bonds. The average molecular weight is 495 g/mol. The molecule has 0 saturated heterocycles. The van der Waals surface area contributed by atoms with Crippen LogP contribution in [-0.4, -0.2) is 44.0 Å². The molecule has 0 bridgehead atoms. The van der Waals surface area contributed by atoms with E-state index in [4.69, 9.17) is 0 Å². The van der Waals surface area contributed by atoms with Crippen molar-refractivity contribution in [2.45, 2.75) is 58.2 Å². The second-order valence-corrected chi connectivity index (χ2v) is 10.2. The number of nitrogens with zero attached hydrogens (tertiary/aromatic N) is 1. The zero-order valence-electron chi connectivity index (χ0n) is 16.7. The predicted octanol–water partition coefficient (Wildman–Crippen LogP) is 3.57. The van der Waals surface area contributed by atoms with Crippen LogP contribution in [0.2, 0.25) is 0 Å². The van der Waals surface area contributed by atoms with Gasteiger partial charge in [-0.05, 0) is 40.2 Å². The molecule has 0 radical (unpaired) electrons. The number of guanidine groups is 1. The van der Waals surface area contributed by atoms with Crippen LogP contribution in [0.25, 0.3) is 0 Å². The molecule has 2 atom stereocenters. The van der Waals surface area contributed by atoms with Crippen molar-refractivity contribution < 1.29 is 8.42 Å². The molecule has 0 saturated carbocycles. The largest absolute Gasteiger partial charge is 0.357 e. The van der Waals surface area contributed by atoms with Crippen molar-refractivity contribution in [3.05, 3.63) is 35.9 Å². The van der Waals surface area contributed by atoms with Crippen LogP contribution in [0, 0.1) is 0 Å². The van der Waals surface area contributed by atoms with Gasteiger partial charge in [-0.15, -0.1) is 24.0 Å². The van der Waals surface area contributed by atoms with Crippen molar-refractivity contribution in [1.29, 1.82) is 0 Å². The van der Waals surface area contributed by atoms with Gasteiger partial charge in [-0.2, -0.15) is 0 Å². The first kappa shape index (κ1) is 25.2. The molecule has 5 nitrogen and oxygen atoms in total. The number of sulfone groups is 1. The number of rotatable bonds is 7. The molecule has 0 aliphatic heterocycles. The molecule has 150 valence electrons. The van der Waals surface area contributed by atoms with E-state index in [1.807, 2.05) is 25.1 Å². The lowest BCUT2D eigenvalue weighted by molar-refractivity contribution is 0.549. The Morgan fingerprint density at radius 1 is 1.15 bits per heavy atom. The van der Waals surface area contributed by atoms with Crippen LogP contribution in [0.3, 0.4) is 0 Å². The monoisotopic (exact) mass is 495 g/mol. The zero-order valence-corrected chi connectivity index (χ0v) is 19.9. The normalized spacial score (nSPS) is 14.9. The number of aliphatic imine (C=N–C) groups is 1. The van der Waals surface area contributed by atoms with Crippen molar-refractivity contribution >= 4 is 39.8 Å². The SMILES string of the molecule is CCNC(=NCCS(=O)(=O)C(C)(C)C)NC(C)C(C)c1ccccc1.I. The maximum atomic E-state index is 12.2. The molecule has 1 aromatic rings. The minimum atomic E-state index is -3.16. The molecular formula is C19H34IN3O2S. The highest BCUT2D eigenvalue weighted by Crippen LogP contribution is 2.18. The highest BCUT2D eigenvalue weighted by atomic mass is 127. The van der Waals surface area contributed by atoms with E-state index >= 15 is 0 Å². The Bertz CT molecular complexity index is 655. The molecule has 0 fully saturated rings. The van der Waals surface area contributed by atoms with Gasteiger partial charge in [0.2, 0.25) is 0 Å². The summed E-state index contributed by atoms with van der Waals surface area (Å²) in [6.45, 7) is 12.4. The third-order valence-corrected chi connectivity index (χ3v) is 6.93. The molecule has 1 aromatic carbocycles. The quantitative estimate of drug-likeness (QED) is 0.345. The summed E-state index contributed by atoms with van der Waals surface area (Å²) in [4.78, 5) is 4.44. The Kier molecular flexibility index (Phi) is 10.8. The number of halogens is 1. The van der Waals surface area contributed by atoms with Crippen molar-refractivity contribution in [1.82, 2.24) is 10.6 Å². The molecule has 2 N–H and O–H groups in total. The van der Waals surface area contributed by atoms with E-state index in [-0.39, 0.29) is 42.3 Å². The van der Waals surface area contributed by atoms with Crippen LogP contribution in [0.15, 0.2) is 35.3 Å². The lowest BCUT2D eigenvalue weighted by Gasteiger charge is -2.24. The van der Waals surface area contributed by atoms with Gasteiger partial charge in [0.1, 0.15) is 0 Å². The maximum Gasteiger partial charge on any atom is 0.191 e. The van der Waals surface area contributed by atoms with E-state index in [0.29, 0.717) is 11.9 Å². The standard InChI is InChI=1S/C19H33N3O2S.HI/c1-7-20-18(21-13-14-25(23,24)19(4,5)6)22-16(3)15(2)17-11-9-8-10-12-17;/h8-12,15-16H,7,13-14H2,1-6H3,(H2,20,21,22);1H. The minimum Gasteiger partial charge on any atom is -0.357 e. The Labute approximate surface area is 176 Å². The fraction of sp³-hybridized carbons (Fsp3) is 0.632. The molecule has 0 aromatic heterocycles. The summed E-state index contributed by atoms with van der Waals surface area (Å²) in [6, 6.07) is 10.5. The van der Waals surface area contributed by atoms with Gasteiger partial charge in [-0.3, -0.25) is 4.99 Å². The van der Waals surface area contributed by atoms with Crippen molar-refractivity contribution in [3.8, 4) is 0 Å². The lowest BCUT2D eigenvalue weighted by Crippen LogP contribution is -2.44. The van der Waals surface area contributed by atoms with Crippen molar-refractivity contribution in [3.63, 3.8) is 0 Å². The molecule has 0 aliphatic rings. The maximum absolute atomic E-state index is 12.2. The lowest BCUT2D eigenvalue weighted by atomic mass is 9.94. The fourth-order valence-corrected chi connectivity index (χ4v) is 3.23. The fourth-order valence-electron chi connectivity index (χ4n) is 2.29. The zero-order chi connectivity index (χ0) is 19.1. The van der Waals surface area contributed by atoms with Gasteiger partial charge in [0, 0.05) is 18.5 Å². The number of hydrogen-bond acceptors (Lipinski definition) is 3. The van der Waals surface area contributed by atoms with Crippen LogP contribution in [-0.2, 0) is 9.84 Å². The predicted molar refractivity (Wildman–Crippen MR) is 122 cm³/mol. The topological polar surface area (TPSA) is 70.6 Å². The summed E-state index contributed by atoms with van der Waals surface area (Å²) in [5, 5.41) is 6.57. The first-order valence-corrected chi connectivity index (χ1v) is 10.6. The molecule has 0 aliphatic carbocycles. The Morgan fingerprint density at radius 3 is 2.23 bits per heavy atom. The molecule has 2 unspecified atom stereocenters. The minimum absolute atomic E-state index is 0. The molecule has 26 heavy (non-hydrogen) atoms. The van der Waals surface area contributed by atoms with Crippen LogP contribution >= 0.6 is 24.0 Å². The third kappa shape index (κ3) is 7.82. The van der Waals surface area contributed by atoms with Gasteiger partial charge >= 0.3 is 0 Å². The van der Waals surface area contributed by atoms with E-state index in [1.54, 1.807) is 20.8 Å². The molecular weight excluding hydrogens is 461 g/mol. The highest BCUT2D eigenvalue weighted by Gasteiger charge is 2.28. The van der Waals surface area contributed by atoms with Crippen LogP contribution < -0.4 is 10.6 Å². The van der Waals surface area contributed by atoms with E-state index < -0.39 is 14.6 Å². The van der Waals surface area contributed by atoms with Gasteiger partial charge in [0.15, 0.2) is 15.8 Å². The second-order valence-electron chi connectivity index (χ2n) is 7.32. The third-order valence-electron chi connectivity index (χ3n) is 4.35. The van der Waals surface area contributed by atoms with Gasteiger partial charge in [0.05, 0.1) is 17.0 Å². The summed E-state index contributed by atoms with van der Waals surface area (Å²) in [5.74, 6) is 1.01. The van der Waals surface area contributed by atoms with Gasteiger partial charge in [-0.1, -0.05) is 37.3 Å². The first-order valence-electron chi connectivity index (χ1n) is 8.90. The van der Waals surface area contributed by atoms with Gasteiger partial charge in [0.25, 0.3) is 0 Å². The highest BCUT2D eigenvalue weighted by molar-refractivity contribution is 14.0. The number of hydrogen-bond donors (Lipinski definition) is 2. The smallest absolute Gasteiger partial charge is 0.191 e. The van der Waals surface area contributed by atoms with Crippen LogP contribution in [0.4, 0.5) is 0 Å². The van der Waals surface area contributed by atoms with Crippen molar-refractivity contribution in [2.75, 3.05) is 18.8 Å². The number of nitrogens with one attached hydrogen (secondary N) is 2. The molecule has 7 heteroatoms. The van der Waals surface area contributed by atoms with Gasteiger partial charge in [-0.25, -0.2) is 8.42 Å². The Morgan fingerprint density at radius 2 is 1.73 bits per heavy atom. The summed E-state index contributed by atoms with van der Waals surface area (Å²) >= 11 is 0. The van der Waals surface area contributed by atoms with Crippen LogP contribution in [0.5, 0.6) is 0 Å². The summed E-state index contributed by atoms with van der Waals surface area (Å²) < 4.78 is 23.6. The van der Waals surface area contributed by atoms with E-state index in [2.05, 4.69) is 41.6 Å². The van der Waals surface area contributed by atoms with Crippen LogP contribution in [0.1, 0.15) is 53.0 Å². The summed E-state index contributed by atoms with van der Waals surface area (Å²) in [7, 11) is -3.16. The van der Waals surface area contributed by atoms with E-state index in [1.165, 1.54) is 5.56 Å². The molecule has 1 rings (SSSR count). The molecule has 0 heterocycles. The van der Waals surface area contributed by atoms with Gasteiger partial charge < -0.3 is 10.6 Å². The van der Waals surface area contributed by atoms with Crippen molar-refractivity contribution in [2.24, 2.45) is 4.99 Å². The first-order chi connectivity index (χ1) is 11.6. The summed E-state index contributed by atoms with van der Waals surface area (Å²) in [6.07, 6.45) is 0. The average Bonchev–Trinajstić information content (AvgIpc) is 2.53. The summed E-state index contributed by atoms with van der Waals surface area (Å²) in [5.41, 5.74) is 1.26. The Hall–Kier alpha value is -0.830. The van der Waals surface area contributed by atoms with E-state index in [9.17, 15) is 8.42 Å². The molecule has 0 spiro atoms. The second kappa shape index (κ2) is 11.1. The Balaban J connectivity index is 0.00000625. The van der Waals surface area contributed by atoms with E-state index in [0.717, 1.165) is 6.54 Å². The number of benzene rings is 1.